The van der Waals surface area contributed by atoms with E-state index in [9.17, 15) is 9.59 Å². The SMILES string of the molecule is CNC(=O)CC/C1=C/c2cc(Cl)ccc2C(C2CCN(C(=O)OC(C)(C)C)CC2)c2ncccc2C1.CO. The van der Waals surface area contributed by atoms with Crippen LogP contribution in [-0.2, 0) is 16.0 Å². The molecule has 2 amide bonds. The van der Waals surface area contributed by atoms with Crippen LogP contribution in [0.25, 0.3) is 6.08 Å². The van der Waals surface area contributed by atoms with Gasteiger partial charge in [-0.05, 0) is 87.3 Å². The quantitative estimate of drug-likeness (QED) is 0.526. The molecular formula is C30H40ClN3O4. The van der Waals surface area contributed by atoms with Crippen molar-refractivity contribution in [3.05, 3.63) is 69.5 Å². The van der Waals surface area contributed by atoms with Crippen LogP contribution >= 0.6 is 11.6 Å². The second kappa shape index (κ2) is 13.3. The smallest absolute Gasteiger partial charge is 0.410 e. The average molecular weight is 542 g/mol. The van der Waals surface area contributed by atoms with Gasteiger partial charge in [-0.2, -0.15) is 0 Å². The number of aliphatic hydroxyl groups excluding tert-OH is 1. The number of pyridine rings is 1. The lowest BCUT2D eigenvalue weighted by atomic mass is 9.73. The van der Waals surface area contributed by atoms with Gasteiger partial charge < -0.3 is 20.1 Å². The van der Waals surface area contributed by atoms with Gasteiger partial charge in [0.25, 0.3) is 0 Å². The highest BCUT2D eigenvalue weighted by molar-refractivity contribution is 6.30. The second-order valence-electron chi connectivity index (χ2n) is 10.8. The number of allylic oxidation sites excluding steroid dienone is 1. The lowest BCUT2D eigenvalue weighted by Crippen LogP contribution is -2.42. The van der Waals surface area contributed by atoms with E-state index >= 15 is 0 Å². The van der Waals surface area contributed by atoms with Gasteiger partial charge in [-0.15, -0.1) is 0 Å². The topological polar surface area (TPSA) is 91.8 Å². The molecule has 2 heterocycles. The number of aromatic nitrogens is 1. The minimum atomic E-state index is -0.504. The number of carbonyl (C=O) groups is 2. The molecule has 0 radical (unpaired) electrons. The van der Waals surface area contributed by atoms with Gasteiger partial charge in [0.05, 0.1) is 5.69 Å². The molecule has 1 aliphatic carbocycles. The van der Waals surface area contributed by atoms with Crippen molar-refractivity contribution in [1.29, 1.82) is 0 Å². The van der Waals surface area contributed by atoms with Crippen molar-refractivity contribution >= 4 is 29.7 Å². The minimum Gasteiger partial charge on any atom is -0.444 e. The zero-order valence-electron chi connectivity index (χ0n) is 23.1. The first-order chi connectivity index (χ1) is 18.1. The highest BCUT2D eigenvalue weighted by Gasteiger charge is 2.35. The number of aliphatic hydroxyl groups is 1. The van der Waals surface area contributed by atoms with Crippen LogP contribution in [0.2, 0.25) is 5.02 Å². The summed E-state index contributed by atoms with van der Waals surface area (Å²) in [5.41, 5.74) is 5.26. The molecule has 206 valence electrons. The Morgan fingerprint density at radius 2 is 1.89 bits per heavy atom. The number of fused-ring (bicyclic) bond motifs is 2. The van der Waals surface area contributed by atoms with Crippen LogP contribution in [0.5, 0.6) is 0 Å². The van der Waals surface area contributed by atoms with Crippen LogP contribution < -0.4 is 5.32 Å². The van der Waals surface area contributed by atoms with Crippen LogP contribution in [0, 0.1) is 5.92 Å². The molecule has 8 heteroatoms. The molecule has 4 rings (SSSR count). The second-order valence-corrected chi connectivity index (χ2v) is 11.2. The summed E-state index contributed by atoms with van der Waals surface area (Å²) < 4.78 is 5.60. The van der Waals surface area contributed by atoms with Crippen LogP contribution in [0.4, 0.5) is 4.79 Å². The normalized spacial score (nSPS) is 18.9. The van der Waals surface area contributed by atoms with Gasteiger partial charge in [0.2, 0.25) is 5.91 Å². The first kappa shape index (κ1) is 29.7. The van der Waals surface area contributed by atoms with E-state index in [1.165, 1.54) is 16.7 Å². The van der Waals surface area contributed by atoms with E-state index in [4.69, 9.17) is 26.4 Å². The Labute approximate surface area is 231 Å². The summed E-state index contributed by atoms with van der Waals surface area (Å²) in [5, 5.41) is 10.4. The first-order valence-corrected chi connectivity index (χ1v) is 13.6. The largest absolute Gasteiger partial charge is 0.444 e. The van der Waals surface area contributed by atoms with E-state index in [-0.39, 0.29) is 17.9 Å². The highest BCUT2D eigenvalue weighted by atomic mass is 35.5. The van der Waals surface area contributed by atoms with E-state index in [2.05, 4.69) is 23.5 Å². The number of benzene rings is 1. The molecule has 1 saturated heterocycles. The monoisotopic (exact) mass is 541 g/mol. The van der Waals surface area contributed by atoms with Gasteiger partial charge in [0, 0.05) is 50.8 Å². The van der Waals surface area contributed by atoms with Crippen molar-refractivity contribution in [3.8, 4) is 0 Å². The van der Waals surface area contributed by atoms with E-state index < -0.39 is 5.60 Å². The van der Waals surface area contributed by atoms with E-state index in [0.717, 1.165) is 37.6 Å². The van der Waals surface area contributed by atoms with Crippen molar-refractivity contribution < 1.29 is 19.4 Å². The molecule has 1 aliphatic heterocycles. The van der Waals surface area contributed by atoms with Gasteiger partial charge in [0.15, 0.2) is 0 Å². The fourth-order valence-corrected chi connectivity index (χ4v) is 5.46. The molecule has 1 atom stereocenters. The summed E-state index contributed by atoms with van der Waals surface area (Å²) in [6.45, 7) is 7.01. The summed E-state index contributed by atoms with van der Waals surface area (Å²) in [5.74, 6) is 0.467. The number of nitrogens with one attached hydrogen (secondary N) is 1. The molecular weight excluding hydrogens is 502 g/mol. The zero-order valence-corrected chi connectivity index (χ0v) is 23.8. The number of ether oxygens (including phenoxy) is 1. The average Bonchev–Trinajstić information content (AvgIpc) is 2.88. The number of amides is 2. The number of rotatable bonds is 4. The number of halogens is 1. The van der Waals surface area contributed by atoms with Crippen LogP contribution in [0.15, 0.2) is 42.1 Å². The van der Waals surface area contributed by atoms with Crippen molar-refractivity contribution in [1.82, 2.24) is 15.2 Å². The number of hydrogen-bond acceptors (Lipinski definition) is 5. The van der Waals surface area contributed by atoms with Crippen molar-refractivity contribution in [2.75, 3.05) is 27.2 Å². The number of piperidine rings is 1. The fraction of sp³-hybridized carbons (Fsp3) is 0.500. The molecule has 2 N–H and O–H groups in total. The summed E-state index contributed by atoms with van der Waals surface area (Å²) in [7, 11) is 2.67. The number of carbonyl (C=O) groups excluding carboxylic acids is 2. The Morgan fingerprint density at radius 3 is 2.55 bits per heavy atom. The first-order valence-electron chi connectivity index (χ1n) is 13.2. The highest BCUT2D eigenvalue weighted by Crippen LogP contribution is 2.43. The van der Waals surface area contributed by atoms with Crippen molar-refractivity contribution in [2.24, 2.45) is 5.92 Å². The van der Waals surface area contributed by atoms with Gasteiger partial charge in [0.1, 0.15) is 5.60 Å². The Bertz CT molecular complexity index is 1150. The van der Waals surface area contributed by atoms with Gasteiger partial charge in [-0.3, -0.25) is 9.78 Å². The molecule has 7 nitrogen and oxygen atoms in total. The summed E-state index contributed by atoms with van der Waals surface area (Å²) in [6, 6.07) is 10.2. The molecule has 0 spiro atoms. The Hall–Kier alpha value is -2.90. The molecule has 1 fully saturated rings. The van der Waals surface area contributed by atoms with E-state index in [1.807, 2.05) is 50.1 Å². The van der Waals surface area contributed by atoms with E-state index in [1.54, 1.807) is 7.05 Å². The number of likely N-dealkylation sites (tertiary alicyclic amines) is 1. The number of hydrogen-bond donors (Lipinski definition) is 2. The fourth-order valence-electron chi connectivity index (χ4n) is 5.28. The van der Waals surface area contributed by atoms with Crippen molar-refractivity contribution in [3.63, 3.8) is 0 Å². The minimum absolute atomic E-state index is 0.0327. The maximum absolute atomic E-state index is 12.6. The molecule has 1 aromatic heterocycles. The predicted octanol–water partition coefficient (Wildman–Crippen LogP) is 5.59. The lowest BCUT2D eigenvalue weighted by Gasteiger charge is -2.38. The van der Waals surface area contributed by atoms with Gasteiger partial charge in [-0.1, -0.05) is 35.4 Å². The molecule has 0 bridgehead atoms. The third kappa shape index (κ3) is 7.58. The molecule has 1 aromatic carbocycles. The molecule has 2 aromatic rings. The van der Waals surface area contributed by atoms with Gasteiger partial charge in [-0.25, -0.2) is 4.79 Å². The van der Waals surface area contributed by atoms with Gasteiger partial charge >= 0.3 is 6.09 Å². The van der Waals surface area contributed by atoms with Crippen LogP contribution in [0.1, 0.15) is 74.8 Å². The third-order valence-corrected chi connectivity index (χ3v) is 7.23. The van der Waals surface area contributed by atoms with Crippen molar-refractivity contribution in [2.45, 2.75) is 64.4 Å². The number of nitrogens with zero attached hydrogens (tertiary/aromatic N) is 2. The third-order valence-electron chi connectivity index (χ3n) is 7.00. The summed E-state index contributed by atoms with van der Waals surface area (Å²) in [6.07, 6.45) is 7.45. The predicted molar refractivity (Wildman–Crippen MR) is 151 cm³/mol. The van der Waals surface area contributed by atoms with Crippen LogP contribution in [0.3, 0.4) is 0 Å². The zero-order chi connectivity index (χ0) is 27.9. The molecule has 38 heavy (non-hydrogen) atoms. The Kier molecular flexibility index (Phi) is 10.3. The van der Waals surface area contributed by atoms with Crippen LogP contribution in [-0.4, -0.2) is 59.8 Å². The summed E-state index contributed by atoms with van der Waals surface area (Å²) >= 11 is 6.44. The molecule has 2 aliphatic rings. The Balaban J connectivity index is 0.00000195. The Morgan fingerprint density at radius 1 is 1.18 bits per heavy atom. The maximum atomic E-state index is 12.6. The van der Waals surface area contributed by atoms with E-state index in [0.29, 0.717) is 36.9 Å². The molecule has 1 unspecified atom stereocenters. The lowest BCUT2D eigenvalue weighted by molar-refractivity contribution is -0.120. The maximum Gasteiger partial charge on any atom is 0.410 e. The summed E-state index contributed by atoms with van der Waals surface area (Å²) in [4.78, 5) is 31.3. The molecule has 0 saturated carbocycles. The standard InChI is InChI=1S/C29H36ClN3O3.CH4O/c1-29(2,3)36-28(35)33-14-11-20(12-15-33)26-24-9-8-23(30)18-22(24)17-19(7-10-25(34)31-4)16-21-6-5-13-32-27(21)26;1-2/h5-6,8-9,13,17-18,20,26H,7,10-12,14-16H2,1-4H3,(H,31,34);2H,1H3/b19-17-;.